The summed E-state index contributed by atoms with van der Waals surface area (Å²) in [6.45, 7) is 2.40. The number of nitrogens with one attached hydrogen (secondary N) is 2. The van der Waals surface area contributed by atoms with Crippen molar-refractivity contribution < 1.29 is 19.0 Å². The Kier molecular flexibility index (Phi) is 5.43. The zero-order valence-electron chi connectivity index (χ0n) is 19.0. The molecule has 34 heavy (non-hydrogen) atoms. The van der Waals surface area contributed by atoms with Gasteiger partial charge in [-0.05, 0) is 31.9 Å². The minimum absolute atomic E-state index is 0.193. The molecule has 2 aliphatic heterocycles. The topological polar surface area (TPSA) is 112 Å². The predicted molar refractivity (Wildman–Crippen MR) is 123 cm³/mol. The Hall–Kier alpha value is -3.08. The number of carbonyl (C=O) groups is 1. The van der Waals surface area contributed by atoms with Gasteiger partial charge in [0.2, 0.25) is 0 Å². The largest absolute Gasteiger partial charge is 0.354 e. The second kappa shape index (κ2) is 8.61. The van der Waals surface area contributed by atoms with Gasteiger partial charge in [0.05, 0.1) is 6.33 Å². The molecule has 0 unspecified atom stereocenters. The smallest absolute Gasteiger partial charge is 0.252 e. The van der Waals surface area contributed by atoms with Crippen LogP contribution in [-0.2, 0) is 19.0 Å². The van der Waals surface area contributed by atoms with Crippen molar-refractivity contribution in [1.29, 1.82) is 0 Å². The second-order valence-electron chi connectivity index (χ2n) is 9.02. The van der Waals surface area contributed by atoms with E-state index in [-0.39, 0.29) is 5.91 Å². The van der Waals surface area contributed by atoms with Gasteiger partial charge in [-0.25, -0.2) is 15.0 Å². The molecular weight excluding hydrogens is 436 g/mol. The molecule has 178 valence electrons. The molecule has 3 fully saturated rings. The molecule has 6 rings (SSSR count). The number of ether oxygens (including phenoxy) is 3. The lowest BCUT2D eigenvalue weighted by atomic mass is 9.94. The SMILES string of the molecule is CCNC(=O)[C@H]1O[C@@H](n2cnc3c(Nc4ccccc4)ncnc32)[C@@H]2OC3(CCCCC3)O[C@@H]21. The Morgan fingerprint density at radius 2 is 1.88 bits per heavy atom. The minimum Gasteiger partial charge on any atom is -0.354 e. The fraction of sp³-hybridized carbons (Fsp3) is 0.500. The lowest BCUT2D eigenvalue weighted by Crippen LogP contribution is -2.43. The molecule has 3 aromatic rings. The highest BCUT2D eigenvalue weighted by Crippen LogP contribution is 2.49. The summed E-state index contributed by atoms with van der Waals surface area (Å²) in [5.74, 6) is -0.245. The highest BCUT2D eigenvalue weighted by molar-refractivity contribution is 5.85. The molecule has 10 heteroatoms. The normalized spacial score (nSPS) is 27.7. The number of hydrogen-bond donors (Lipinski definition) is 2. The molecule has 1 aromatic carbocycles. The van der Waals surface area contributed by atoms with Crippen LogP contribution in [0.25, 0.3) is 11.2 Å². The van der Waals surface area contributed by atoms with E-state index in [1.54, 1.807) is 6.33 Å². The van der Waals surface area contributed by atoms with E-state index in [0.29, 0.717) is 23.5 Å². The average Bonchev–Trinajstić information content (AvgIpc) is 3.53. The van der Waals surface area contributed by atoms with E-state index in [9.17, 15) is 4.79 Å². The highest BCUT2D eigenvalue weighted by atomic mass is 16.8. The van der Waals surface area contributed by atoms with Crippen LogP contribution in [0.15, 0.2) is 43.0 Å². The number of nitrogens with zero attached hydrogens (tertiary/aromatic N) is 4. The summed E-state index contributed by atoms with van der Waals surface area (Å²) in [5, 5.41) is 6.17. The van der Waals surface area contributed by atoms with Crippen LogP contribution < -0.4 is 10.6 Å². The van der Waals surface area contributed by atoms with Crippen LogP contribution in [0.1, 0.15) is 45.3 Å². The second-order valence-corrected chi connectivity index (χ2v) is 9.02. The quantitative estimate of drug-likeness (QED) is 0.593. The molecular formula is C24H28N6O4. The number of para-hydroxylation sites is 1. The predicted octanol–water partition coefficient (Wildman–Crippen LogP) is 3.05. The molecule has 1 aliphatic carbocycles. The Morgan fingerprint density at radius 1 is 1.09 bits per heavy atom. The molecule has 2 saturated heterocycles. The van der Waals surface area contributed by atoms with Crippen LogP contribution in [0.4, 0.5) is 11.5 Å². The fourth-order valence-electron chi connectivity index (χ4n) is 5.24. The standard InChI is InChI=1S/C24H28N6O4/c1-2-25-22(31)18-17-19(34-24(33-17)11-7-4-8-12-24)23(32-18)30-14-28-16-20(26-13-27-21(16)30)29-15-9-5-3-6-10-15/h3,5-6,9-10,13-14,17-19,23H,2,4,7-8,11-12H2,1H3,(H,25,31)(H,26,27,29)/t17-,18+,19-,23-/m1/s1. The lowest BCUT2D eigenvalue weighted by Gasteiger charge is -2.34. The third-order valence-corrected chi connectivity index (χ3v) is 6.79. The first-order chi connectivity index (χ1) is 16.7. The molecule has 0 radical (unpaired) electrons. The Balaban J connectivity index is 1.35. The Labute approximate surface area is 197 Å². The summed E-state index contributed by atoms with van der Waals surface area (Å²) < 4.78 is 21.1. The Bertz CT molecular complexity index is 1180. The number of amides is 1. The van der Waals surface area contributed by atoms with E-state index in [0.717, 1.165) is 31.4 Å². The number of hydrogen-bond acceptors (Lipinski definition) is 8. The molecule has 10 nitrogen and oxygen atoms in total. The van der Waals surface area contributed by atoms with Crippen molar-refractivity contribution in [2.75, 3.05) is 11.9 Å². The molecule has 4 heterocycles. The summed E-state index contributed by atoms with van der Waals surface area (Å²) in [7, 11) is 0. The van der Waals surface area contributed by atoms with Crippen molar-refractivity contribution in [1.82, 2.24) is 24.8 Å². The van der Waals surface area contributed by atoms with Crippen molar-refractivity contribution in [2.24, 2.45) is 0 Å². The lowest BCUT2D eigenvalue weighted by molar-refractivity contribution is -0.229. The zero-order chi connectivity index (χ0) is 23.1. The van der Waals surface area contributed by atoms with Crippen molar-refractivity contribution >= 4 is 28.6 Å². The number of imidazole rings is 1. The average molecular weight is 465 g/mol. The number of fused-ring (bicyclic) bond motifs is 2. The van der Waals surface area contributed by atoms with Crippen LogP contribution in [0, 0.1) is 0 Å². The van der Waals surface area contributed by atoms with Crippen LogP contribution in [-0.4, -0.2) is 56.1 Å². The third kappa shape index (κ3) is 3.62. The van der Waals surface area contributed by atoms with Gasteiger partial charge in [-0.3, -0.25) is 9.36 Å². The molecule has 2 N–H and O–H groups in total. The highest BCUT2D eigenvalue weighted by Gasteiger charge is 2.60. The van der Waals surface area contributed by atoms with Crippen molar-refractivity contribution in [2.45, 2.75) is 69.4 Å². The minimum atomic E-state index is -0.766. The molecule has 1 spiro atoms. The molecule has 2 aromatic heterocycles. The van der Waals surface area contributed by atoms with Gasteiger partial charge in [0.25, 0.3) is 5.91 Å². The number of anilines is 2. The number of likely N-dealkylation sites (N-methyl/N-ethyl adjacent to an activating group) is 1. The first-order valence-electron chi connectivity index (χ1n) is 12.0. The number of carbonyl (C=O) groups excluding carboxylic acids is 1. The first kappa shape index (κ1) is 21.5. The van der Waals surface area contributed by atoms with Gasteiger partial charge in [-0.1, -0.05) is 24.6 Å². The number of benzene rings is 1. The van der Waals surface area contributed by atoms with E-state index in [2.05, 4.69) is 25.6 Å². The summed E-state index contributed by atoms with van der Waals surface area (Å²) >= 11 is 0. The molecule has 3 aliphatic rings. The van der Waals surface area contributed by atoms with Crippen molar-refractivity contribution in [3.8, 4) is 0 Å². The first-order valence-corrected chi connectivity index (χ1v) is 12.0. The molecule has 0 bridgehead atoms. The van der Waals surface area contributed by atoms with Gasteiger partial charge in [0.1, 0.15) is 18.5 Å². The summed E-state index contributed by atoms with van der Waals surface area (Å²) in [4.78, 5) is 26.3. The molecule has 4 atom stereocenters. The molecule has 1 saturated carbocycles. The summed E-state index contributed by atoms with van der Waals surface area (Å²) in [6, 6.07) is 9.77. The van der Waals surface area contributed by atoms with Crippen LogP contribution in [0.5, 0.6) is 0 Å². The van der Waals surface area contributed by atoms with Crippen LogP contribution in [0.2, 0.25) is 0 Å². The van der Waals surface area contributed by atoms with Gasteiger partial charge in [-0.15, -0.1) is 0 Å². The van der Waals surface area contributed by atoms with Gasteiger partial charge in [0.15, 0.2) is 35.1 Å². The van der Waals surface area contributed by atoms with E-state index >= 15 is 0 Å². The third-order valence-electron chi connectivity index (χ3n) is 6.79. The van der Waals surface area contributed by atoms with Crippen LogP contribution in [0.3, 0.4) is 0 Å². The maximum atomic E-state index is 12.9. The van der Waals surface area contributed by atoms with Gasteiger partial charge in [-0.2, -0.15) is 0 Å². The van der Waals surface area contributed by atoms with Gasteiger partial charge >= 0.3 is 0 Å². The van der Waals surface area contributed by atoms with E-state index < -0.39 is 30.3 Å². The van der Waals surface area contributed by atoms with E-state index in [1.165, 1.54) is 12.7 Å². The Morgan fingerprint density at radius 3 is 2.68 bits per heavy atom. The van der Waals surface area contributed by atoms with E-state index in [4.69, 9.17) is 14.2 Å². The summed E-state index contributed by atoms with van der Waals surface area (Å²) in [6.07, 6.45) is 5.80. The van der Waals surface area contributed by atoms with Gasteiger partial charge in [0, 0.05) is 25.1 Å². The van der Waals surface area contributed by atoms with Crippen LogP contribution >= 0.6 is 0 Å². The molecule has 1 amide bonds. The maximum Gasteiger partial charge on any atom is 0.252 e. The fourth-order valence-corrected chi connectivity index (χ4v) is 5.24. The van der Waals surface area contributed by atoms with Crippen molar-refractivity contribution in [3.63, 3.8) is 0 Å². The summed E-state index contributed by atoms with van der Waals surface area (Å²) in [5.41, 5.74) is 2.11. The number of rotatable bonds is 5. The number of aromatic nitrogens is 4. The monoisotopic (exact) mass is 464 g/mol. The van der Waals surface area contributed by atoms with Crippen molar-refractivity contribution in [3.05, 3.63) is 43.0 Å². The van der Waals surface area contributed by atoms with E-state index in [1.807, 2.05) is 41.8 Å². The zero-order valence-corrected chi connectivity index (χ0v) is 19.0. The maximum absolute atomic E-state index is 12.9. The van der Waals surface area contributed by atoms with Gasteiger partial charge < -0.3 is 24.8 Å².